The molecule has 5 heteroatoms. The van der Waals surface area contributed by atoms with Crippen LogP contribution in [0.25, 0.3) is 0 Å². The molecule has 2 aromatic carbocycles. The standard InChI is InChI=1S/C19H18N2O3/c1-2-13-7-4-6-10-16(13)20-17(22)12-21-18(23)11-14-8-3-5-9-15(14)19(21)24/h3-10H,2,11-12H2,1H3,(H,20,22). The van der Waals surface area contributed by atoms with E-state index in [0.29, 0.717) is 16.8 Å². The van der Waals surface area contributed by atoms with E-state index in [2.05, 4.69) is 5.32 Å². The number of anilines is 1. The lowest BCUT2D eigenvalue weighted by atomic mass is 9.98. The highest BCUT2D eigenvalue weighted by molar-refractivity contribution is 6.12. The zero-order valence-electron chi connectivity index (χ0n) is 13.4. The van der Waals surface area contributed by atoms with Gasteiger partial charge >= 0.3 is 0 Å². The Morgan fingerprint density at radius 3 is 2.58 bits per heavy atom. The molecule has 0 aliphatic carbocycles. The first-order chi connectivity index (χ1) is 11.6. The fraction of sp³-hybridized carbons (Fsp3) is 0.211. The molecule has 0 fully saturated rings. The number of carbonyl (C=O) groups excluding carboxylic acids is 3. The normalized spacial score (nSPS) is 13.6. The highest BCUT2D eigenvalue weighted by atomic mass is 16.2. The number of benzene rings is 2. The van der Waals surface area contributed by atoms with Crippen LogP contribution in [0.5, 0.6) is 0 Å². The summed E-state index contributed by atoms with van der Waals surface area (Å²) in [5, 5.41) is 2.79. The third-order valence-electron chi connectivity index (χ3n) is 4.11. The van der Waals surface area contributed by atoms with Crippen LogP contribution in [0.2, 0.25) is 0 Å². The quantitative estimate of drug-likeness (QED) is 0.879. The summed E-state index contributed by atoms with van der Waals surface area (Å²) in [6.07, 6.45) is 0.923. The van der Waals surface area contributed by atoms with Gasteiger partial charge in [-0.05, 0) is 29.7 Å². The van der Waals surface area contributed by atoms with Crippen LogP contribution in [0.3, 0.4) is 0 Å². The average molecular weight is 322 g/mol. The van der Waals surface area contributed by atoms with Crippen molar-refractivity contribution in [2.75, 3.05) is 11.9 Å². The number of nitrogens with zero attached hydrogens (tertiary/aromatic N) is 1. The number of amides is 3. The molecule has 5 nitrogen and oxygen atoms in total. The summed E-state index contributed by atoms with van der Waals surface area (Å²) in [5.74, 6) is -1.14. The van der Waals surface area contributed by atoms with E-state index in [1.54, 1.807) is 24.3 Å². The zero-order valence-corrected chi connectivity index (χ0v) is 13.4. The first-order valence-corrected chi connectivity index (χ1v) is 7.90. The summed E-state index contributed by atoms with van der Waals surface area (Å²) in [7, 11) is 0. The van der Waals surface area contributed by atoms with Crippen molar-refractivity contribution in [2.45, 2.75) is 19.8 Å². The Kier molecular flexibility index (Phi) is 4.42. The van der Waals surface area contributed by atoms with Gasteiger partial charge in [-0.3, -0.25) is 19.3 Å². The molecule has 24 heavy (non-hydrogen) atoms. The summed E-state index contributed by atoms with van der Waals surface area (Å²) in [6.45, 7) is 1.73. The van der Waals surface area contributed by atoms with Crippen molar-refractivity contribution in [3.63, 3.8) is 0 Å². The van der Waals surface area contributed by atoms with Crippen LogP contribution in [0.1, 0.15) is 28.4 Å². The van der Waals surface area contributed by atoms with Crippen molar-refractivity contribution in [3.05, 3.63) is 65.2 Å². The molecule has 0 saturated carbocycles. The first kappa shape index (κ1) is 15.9. The highest BCUT2D eigenvalue weighted by Crippen LogP contribution is 2.20. The van der Waals surface area contributed by atoms with Crippen LogP contribution in [0.15, 0.2) is 48.5 Å². The monoisotopic (exact) mass is 322 g/mol. The lowest BCUT2D eigenvalue weighted by molar-refractivity contribution is -0.131. The van der Waals surface area contributed by atoms with E-state index in [4.69, 9.17) is 0 Å². The molecule has 3 rings (SSSR count). The zero-order chi connectivity index (χ0) is 17.1. The van der Waals surface area contributed by atoms with Crippen LogP contribution < -0.4 is 5.32 Å². The Balaban J connectivity index is 1.75. The molecule has 0 aromatic heterocycles. The van der Waals surface area contributed by atoms with Gasteiger partial charge in [0.1, 0.15) is 6.54 Å². The Bertz CT molecular complexity index is 814. The van der Waals surface area contributed by atoms with Crippen LogP contribution in [-0.2, 0) is 22.4 Å². The number of imide groups is 1. The molecule has 2 aromatic rings. The van der Waals surface area contributed by atoms with Gasteiger partial charge in [-0.2, -0.15) is 0 Å². The molecule has 1 aliphatic rings. The molecule has 3 amide bonds. The Morgan fingerprint density at radius 1 is 1.08 bits per heavy atom. The van der Waals surface area contributed by atoms with Gasteiger partial charge in [-0.1, -0.05) is 43.3 Å². The van der Waals surface area contributed by atoms with Crippen molar-refractivity contribution in [1.82, 2.24) is 4.90 Å². The van der Waals surface area contributed by atoms with E-state index < -0.39 is 5.91 Å². The van der Waals surface area contributed by atoms with E-state index in [1.807, 2.05) is 31.2 Å². The average Bonchev–Trinajstić information content (AvgIpc) is 2.59. The van der Waals surface area contributed by atoms with Crippen molar-refractivity contribution in [3.8, 4) is 0 Å². The summed E-state index contributed by atoms with van der Waals surface area (Å²) in [6, 6.07) is 14.5. The minimum atomic E-state index is -0.416. The van der Waals surface area contributed by atoms with Gasteiger partial charge in [0.2, 0.25) is 11.8 Å². The lowest BCUT2D eigenvalue weighted by Crippen LogP contribution is -2.46. The summed E-state index contributed by atoms with van der Waals surface area (Å²) >= 11 is 0. The van der Waals surface area contributed by atoms with E-state index in [1.165, 1.54) is 0 Å². The van der Waals surface area contributed by atoms with Crippen LogP contribution in [-0.4, -0.2) is 29.2 Å². The Hall–Kier alpha value is -2.95. The number of fused-ring (bicyclic) bond motifs is 1. The molecule has 0 bridgehead atoms. The molecule has 0 saturated heterocycles. The molecule has 1 N–H and O–H groups in total. The Morgan fingerprint density at radius 2 is 1.79 bits per heavy atom. The lowest BCUT2D eigenvalue weighted by Gasteiger charge is -2.26. The minimum Gasteiger partial charge on any atom is -0.324 e. The minimum absolute atomic E-state index is 0.140. The third-order valence-corrected chi connectivity index (χ3v) is 4.11. The topological polar surface area (TPSA) is 66.5 Å². The Labute approximate surface area is 140 Å². The summed E-state index contributed by atoms with van der Waals surface area (Å²) in [5.41, 5.74) is 2.91. The van der Waals surface area contributed by atoms with Gasteiger partial charge in [-0.15, -0.1) is 0 Å². The van der Waals surface area contributed by atoms with Gasteiger partial charge in [0.15, 0.2) is 0 Å². The van der Waals surface area contributed by atoms with Crippen LogP contribution >= 0.6 is 0 Å². The molecule has 0 radical (unpaired) electrons. The number of nitrogens with one attached hydrogen (secondary N) is 1. The third kappa shape index (κ3) is 3.06. The second-order valence-corrected chi connectivity index (χ2v) is 5.68. The van der Waals surface area contributed by atoms with E-state index in [9.17, 15) is 14.4 Å². The van der Waals surface area contributed by atoms with Crippen molar-refractivity contribution < 1.29 is 14.4 Å². The largest absolute Gasteiger partial charge is 0.324 e. The maximum absolute atomic E-state index is 12.5. The SMILES string of the molecule is CCc1ccccc1NC(=O)CN1C(=O)Cc2ccccc2C1=O. The fourth-order valence-electron chi connectivity index (χ4n) is 2.84. The molecule has 122 valence electrons. The summed E-state index contributed by atoms with van der Waals surface area (Å²) < 4.78 is 0. The van der Waals surface area contributed by atoms with Crippen molar-refractivity contribution >= 4 is 23.4 Å². The molecule has 0 atom stereocenters. The molecule has 0 spiro atoms. The predicted octanol–water partition coefficient (Wildman–Crippen LogP) is 2.41. The number of hydrogen-bond acceptors (Lipinski definition) is 3. The van der Waals surface area contributed by atoms with Crippen molar-refractivity contribution in [1.29, 1.82) is 0 Å². The van der Waals surface area contributed by atoms with E-state index in [-0.39, 0.29) is 24.8 Å². The molecular weight excluding hydrogens is 304 g/mol. The fourth-order valence-corrected chi connectivity index (χ4v) is 2.84. The molecule has 1 aliphatic heterocycles. The second kappa shape index (κ2) is 6.66. The number of rotatable bonds is 4. The maximum Gasteiger partial charge on any atom is 0.261 e. The summed E-state index contributed by atoms with van der Waals surface area (Å²) in [4.78, 5) is 38.0. The first-order valence-electron chi connectivity index (χ1n) is 7.90. The van der Waals surface area contributed by atoms with Gasteiger partial charge in [-0.25, -0.2) is 0 Å². The number of hydrogen-bond donors (Lipinski definition) is 1. The molecule has 1 heterocycles. The van der Waals surface area contributed by atoms with Crippen LogP contribution in [0.4, 0.5) is 5.69 Å². The van der Waals surface area contributed by atoms with E-state index in [0.717, 1.165) is 16.9 Å². The van der Waals surface area contributed by atoms with Crippen molar-refractivity contribution in [2.24, 2.45) is 0 Å². The number of aryl methyl sites for hydroxylation is 1. The smallest absolute Gasteiger partial charge is 0.261 e. The van der Waals surface area contributed by atoms with E-state index >= 15 is 0 Å². The molecule has 0 unspecified atom stereocenters. The maximum atomic E-state index is 12.5. The van der Waals surface area contributed by atoms with Crippen LogP contribution in [0, 0.1) is 0 Å². The van der Waals surface area contributed by atoms with Gasteiger partial charge in [0, 0.05) is 11.3 Å². The van der Waals surface area contributed by atoms with Gasteiger partial charge in [0.25, 0.3) is 5.91 Å². The molecular formula is C19H18N2O3. The predicted molar refractivity (Wildman–Crippen MR) is 90.6 cm³/mol. The second-order valence-electron chi connectivity index (χ2n) is 5.68. The van der Waals surface area contributed by atoms with Gasteiger partial charge < -0.3 is 5.32 Å². The van der Waals surface area contributed by atoms with Gasteiger partial charge in [0.05, 0.1) is 6.42 Å². The number of carbonyl (C=O) groups is 3. The number of para-hydroxylation sites is 1. The highest BCUT2D eigenvalue weighted by Gasteiger charge is 2.31.